The number of carbonyl (C=O) groups is 1. The van der Waals surface area contributed by atoms with Crippen molar-refractivity contribution < 1.29 is 9.32 Å². The standard InChI is InChI=1S/C17H25N7O2/c1-12-19-16(26-22-12)13-6-5-8-23(11-13)17(25)18-10-15-21-20-14-7-3-2-4-9-24(14)15/h13H,2-11H2,1H3,(H,18,25). The van der Waals surface area contributed by atoms with Crippen LogP contribution >= 0.6 is 0 Å². The number of piperidine rings is 1. The summed E-state index contributed by atoms with van der Waals surface area (Å²) < 4.78 is 7.44. The van der Waals surface area contributed by atoms with Crippen molar-refractivity contribution in [2.45, 2.75) is 64.5 Å². The van der Waals surface area contributed by atoms with Crippen molar-refractivity contribution >= 4 is 6.03 Å². The van der Waals surface area contributed by atoms with Crippen LogP contribution in [0.25, 0.3) is 0 Å². The molecule has 1 saturated heterocycles. The Balaban J connectivity index is 1.35. The average molecular weight is 359 g/mol. The number of nitrogens with one attached hydrogen (secondary N) is 1. The number of nitrogens with zero attached hydrogens (tertiary/aromatic N) is 6. The minimum atomic E-state index is -0.0723. The maximum atomic E-state index is 12.6. The van der Waals surface area contributed by atoms with E-state index in [2.05, 4.69) is 30.2 Å². The number of fused-ring (bicyclic) bond motifs is 1. The van der Waals surface area contributed by atoms with Gasteiger partial charge in [-0.05, 0) is 32.6 Å². The third kappa shape index (κ3) is 3.56. The molecule has 1 unspecified atom stereocenters. The van der Waals surface area contributed by atoms with Gasteiger partial charge in [-0.3, -0.25) is 0 Å². The lowest BCUT2D eigenvalue weighted by Gasteiger charge is -2.31. The topological polar surface area (TPSA) is 102 Å². The highest BCUT2D eigenvalue weighted by Crippen LogP contribution is 2.25. The summed E-state index contributed by atoms with van der Waals surface area (Å²) in [5, 5.41) is 15.4. The highest BCUT2D eigenvalue weighted by Gasteiger charge is 2.28. The molecule has 1 N–H and O–H groups in total. The molecule has 2 aliphatic heterocycles. The number of aryl methyl sites for hydroxylation is 2. The summed E-state index contributed by atoms with van der Waals surface area (Å²) in [6.07, 6.45) is 6.39. The smallest absolute Gasteiger partial charge is 0.317 e. The first-order chi connectivity index (χ1) is 12.7. The molecule has 0 spiro atoms. The van der Waals surface area contributed by atoms with Crippen molar-refractivity contribution in [2.24, 2.45) is 0 Å². The fraction of sp³-hybridized carbons (Fsp3) is 0.706. The number of urea groups is 1. The third-order valence-corrected chi connectivity index (χ3v) is 5.18. The Morgan fingerprint density at radius 2 is 2.15 bits per heavy atom. The van der Waals surface area contributed by atoms with E-state index in [1.807, 2.05) is 11.8 Å². The molecule has 0 bridgehead atoms. The number of hydrogen-bond acceptors (Lipinski definition) is 6. The Morgan fingerprint density at radius 3 is 3.00 bits per heavy atom. The molecule has 1 fully saturated rings. The maximum Gasteiger partial charge on any atom is 0.317 e. The lowest BCUT2D eigenvalue weighted by Crippen LogP contribution is -2.45. The van der Waals surface area contributed by atoms with Gasteiger partial charge in [-0.2, -0.15) is 4.98 Å². The minimum Gasteiger partial charge on any atom is -0.339 e. The van der Waals surface area contributed by atoms with Crippen molar-refractivity contribution in [2.75, 3.05) is 13.1 Å². The van der Waals surface area contributed by atoms with Crippen LogP contribution in [0.15, 0.2) is 4.52 Å². The van der Waals surface area contributed by atoms with E-state index in [-0.39, 0.29) is 11.9 Å². The van der Waals surface area contributed by atoms with E-state index >= 15 is 0 Å². The number of amides is 2. The molecular weight excluding hydrogens is 334 g/mol. The van der Waals surface area contributed by atoms with Gasteiger partial charge in [-0.1, -0.05) is 11.6 Å². The number of hydrogen-bond donors (Lipinski definition) is 1. The lowest BCUT2D eigenvalue weighted by atomic mass is 9.98. The average Bonchev–Trinajstić information content (AvgIpc) is 3.19. The Bertz CT molecular complexity index is 769. The van der Waals surface area contributed by atoms with E-state index in [0.717, 1.165) is 56.8 Å². The first kappa shape index (κ1) is 17.0. The van der Waals surface area contributed by atoms with Crippen LogP contribution in [0.1, 0.15) is 61.4 Å². The summed E-state index contributed by atoms with van der Waals surface area (Å²) in [4.78, 5) is 18.7. The molecule has 26 heavy (non-hydrogen) atoms. The summed E-state index contributed by atoms with van der Waals surface area (Å²) in [6.45, 7) is 4.50. The summed E-state index contributed by atoms with van der Waals surface area (Å²) in [7, 11) is 0. The second kappa shape index (κ2) is 7.43. The Morgan fingerprint density at radius 1 is 1.23 bits per heavy atom. The molecular formula is C17H25N7O2. The van der Waals surface area contributed by atoms with Crippen LogP contribution in [-0.4, -0.2) is 48.9 Å². The van der Waals surface area contributed by atoms with Crippen LogP contribution in [0.4, 0.5) is 4.79 Å². The Kier molecular flexibility index (Phi) is 4.85. The van der Waals surface area contributed by atoms with E-state index in [4.69, 9.17) is 4.52 Å². The molecule has 0 radical (unpaired) electrons. The molecule has 0 aliphatic carbocycles. The molecule has 2 aliphatic rings. The van der Waals surface area contributed by atoms with Gasteiger partial charge in [0, 0.05) is 26.1 Å². The molecule has 9 nitrogen and oxygen atoms in total. The predicted octanol–water partition coefficient (Wildman–Crippen LogP) is 1.79. The normalized spacial score (nSPS) is 20.5. The molecule has 1 atom stereocenters. The van der Waals surface area contributed by atoms with Crippen molar-refractivity contribution in [3.63, 3.8) is 0 Å². The van der Waals surface area contributed by atoms with Gasteiger partial charge in [-0.15, -0.1) is 10.2 Å². The van der Waals surface area contributed by atoms with E-state index in [9.17, 15) is 4.79 Å². The van der Waals surface area contributed by atoms with Gasteiger partial charge in [0.25, 0.3) is 0 Å². The Labute approximate surface area is 152 Å². The molecule has 2 amide bonds. The quantitative estimate of drug-likeness (QED) is 0.896. The molecule has 0 aromatic carbocycles. The highest BCUT2D eigenvalue weighted by atomic mass is 16.5. The molecule has 4 rings (SSSR count). The fourth-order valence-electron chi connectivity index (χ4n) is 3.78. The minimum absolute atomic E-state index is 0.0723. The van der Waals surface area contributed by atoms with Crippen molar-refractivity contribution in [1.82, 2.24) is 35.1 Å². The van der Waals surface area contributed by atoms with Crippen LogP contribution in [-0.2, 0) is 19.5 Å². The summed E-state index contributed by atoms with van der Waals surface area (Å²) in [6, 6.07) is -0.0723. The van der Waals surface area contributed by atoms with Gasteiger partial charge >= 0.3 is 6.03 Å². The monoisotopic (exact) mass is 359 g/mol. The van der Waals surface area contributed by atoms with Crippen molar-refractivity contribution in [3.05, 3.63) is 23.4 Å². The van der Waals surface area contributed by atoms with Crippen LogP contribution in [0.5, 0.6) is 0 Å². The summed E-state index contributed by atoms with van der Waals surface area (Å²) >= 11 is 0. The number of carbonyl (C=O) groups excluding carboxylic acids is 1. The second-order valence-electron chi connectivity index (χ2n) is 7.12. The zero-order valence-electron chi connectivity index (χ0n) is 15.1. The molecule has 4 heterocycles. The van der Waals surface area contributed by atoms with Crippen LogP contribution in [0.3, 0.4) is 0 Å². The fourth-order valence-corrected chi connectivity index (χ4v) is 3.78. The number of aromatic nitrogens is 5. The third-order valence-electron chi connectivity index (χ3n) is 5.18. The van der Waals surface area contributed by atoms with Crippen LogP contribution in [0.2, 0.25) is 0 Å². The summed E-state index contributed by atoms with van der Waals surface area (Å²) in [5.41, 5.74) is 0. The molecule has 2 aromatic rings. The van der Waals surface area contributed by atoms with Gasteiger partial charge < -0.3 is 19.3 Å². The first-order valence-electron chi connectivity index (χ1n) is 9.44. The van der Waals surface area contributed by atoms with E-state index in [1.165, 1.54) is 6.42 Å². The largest absolute Gasteiger partial charge is 0.339 e. The van der Waals surface area contributed by atoms with Gasteiger partial charge in [0.05, 0.1) is 12.5 Å². The van der Waals surface area contributed by atoms with E-state index in [0.29, 0.717) is 24.8 Å². The van der Waals surface area contributed by atoms with Crippen molar-refractivity contribution in [1.29, 1.82) is 0 Å². The second-order valence-corrected chi connectivity index (χ2v) is 7.12. The lowest BCUT2D eigenvalue weighted by molar-refractivity contribution is 0.171. The Hall–Kier alpha value is -2.45. The van der Waals surface area contributed by atoms with Crippen LogP contribution < -0.4 is 5.32 Å². The number of likely N-dealkylation sites (tertiary alicyclic amines) is 1. The number of rotatable bonds is 3. The zero-order valence-corrected chi connectivity index (χ0v) is 15.1. The highest BCUT2D eigenvalue weighted by molar-refractivity contribution is 5.74. The van der Waals surface area contributed by atoms with Gasteiger partial charge in [0.1, 0.15) is 5.82 Å². The molecule has 9 heteroatoms. The van der Waals surface area contributed by atoms with Gasteiger partial charge in [0.15, 0.2) is 11.6 Å². The zero-order chi connectivity index (χ0) is 17.9. The van der Waals surface area contributed by atoms with Gasteiger partial charge in [-0.25, -0.2) is 4.79 Å². The molecule has 0 saturated carbocycles. The maximum absolute atomic E-state index is 12.6. The SMILES string of the molecule is Cc1noc(C2CCCN(C(=O)NCc3nnc4n3CCCCC4)C2)n1. The van der Waals surface area contributed by atoms with Crippen LogP contribution in [0, 0.1) is 6.92 Å². The van der Waals surface area contributed by atoms with Crippen molar-refractivity contribution in [3.8, 4) is 0 Å². The van der Waals surface area contributed by atoms with E-state index in [1.54, 1.807) is 0 Å². The summed E-state index contributed by atoms with van der Waals surface area (Å²) in [5.74, 6) is 3.25. The molecule has 140 valence electrons. The molecule has 2 aromatic heterocycles. The van der Waals surface area contributed by atoms with E-state index < -0.39 is 0 Å². The predicted molar refractivity (Wildman–Crippen MR) is 92.4 cm³/mol. The van der Waals surface area contributed by atoms with Gasteiger partial charge in [0.2, 0.25) is 5.89 Å². The first-order valence-corrected chi connectivity index (χ1v) is 9.44.